The highest BCUT2D eigenvalue weighted by Gasteiger charge is 2.31. The highest BCUT2D eigenvalue weighted by Crippen LogP contribution is 2.39. The Balaban J connectivity index is 0.000000310. The second-order valence-corrected chi connectivity index (χ2v) is 22.3. The molecule has 7 rings (SSSR count). The van der Waals surface area contributed by atoms with E-state index in [-0.39, 0.29) is 54.5 Å². The van der Waals surface area contributed by atoms with Gasteiger partial charge in [-0.2, -0.15) is 0 Å². The highest BCUT2D eigenvalue weighted by molar-refractivity contribution is 7.17. The molecule has 3 aliphatic heterocycles. The van der Waals surface area contributed by atoms with Gasteiger partial charge in [-0.15, -0.1) is 22.7 Å². The van der Waals surface area contributed by atoms with E-state index in [0.29, 0.717) is 75.8 Å². The molecule has 3 aliphatic rings. The van der Waals surface area contributed by atoms with Gasteiger partial charge in [0.1, 0.15) is 41.2 Å². The first-order chi connectivity index (χ1) is 38.3. The summed E-state index contributed by atoms with van der Waals surface area (Å²) in [5.74, 6) is 1.19. The van der Waals surface area contributed by atoms with Crippen LogP contribution in [0.2, 0.25) is 5.02 Å². The first-order valence-corrected chi connectivity index (χ1v) is 29.3. The van der Waals surface area contributed by atoms with E-state index in [4.69, 9.17) is 46.5 Å². The Morgan fingerprint density at radius 2 is 1.57 bits per heavy atom. The first-order valence-electron chi connectivity index (χ1n) is 27.2. The molecule has 4 amide bonds. The number of nitrogens with zero attached hydrogens (tertiary/aromatic N) is 4. The van der Waals surface area contributed by atoms with Crippen LogP contribution in [0.1, 0.15) is 114 Å². The van der Waals surface area contributed by atoms with Crippen LogP contribution < -0.4 is 30.9 Å². The average Bonchev–Trinajstić information content (AvgIpc) is 4.16. The minimum Gasteiger partial charge on any atom is -0.490 e. The molecular weight excluding hydrogens is 1080 g/mol. The van der Waals surface area contributed by atoms with E-state index in [1.807, 2.05) is 63.5 Å². The van der Waals surface area contributed by atoms with Crippen molar-refractivity contribution in [2.24, 2.45) is 10.4 Å². The van der Waals surface area contributed by atoms with Gasteiger partial charge in [-0.3, -0.25) is 39.9 Å². The number of amides is 4. The topological polar surface area (TPSA) is 253 Å². The summed E-state index contributed by atoms with van der Waals surface area (Å²) < 4.78 is 22.2. The van der Waals surface area contributed by atoms with Crippen molar-refractivity contribution in [1.82, 2.24) is 31.2 Å². The van der Waals surface area contributed by atoms with Gasteiger partial charge in [-0.25, -0.2) is 4.98 Å². The number of aliphatic hydroxyl groups excluding tert-OH is 1. The van der Waals surface area contributed by atoms with E-state index in [2.05, 4.69) is 78.0 Å². The molecule has 2 fully saturated rings. The number of piperidine rings is 1. The molecule has 2 saturated heterocycles. The Hall–Kier alpha value is -5.65. The summed E-state index contributed by atoms with van der Waals surface area (Å²) in [5.41, 5.74) is 8.93. The maximum atomic E-state index is 12.6. The third-order valence-electron chi connectivity index (χ3n) is 13.0. The summed E-state index contributed by atoms with van der Waals surface area (Å²) in [5, 5.41) is 36.8. The van der Waals surface area contributed by atoms with Crippen molar-refractivity contribution < 1.29 is 43.2 Å². The molecule has 22 heteroatoms. The van der Waals surface area contributed by atoms with Gasteiger partial charge in [0.2, 0.25) is 24.1 Å². The van der Waals surface area contributed by atoms with E-state index in [0.717, 1.165) is 101 Å². The minimum absolute atomic E-state index is 0.0265. The van der Waals surface area contributed by atoms with Crippen molar-refractivity contribution in [2.45, 2.75) is 127 Å². The van der Waals surface area contributed by atoms with Crippen molar-refractivity contribution in [3.8, 4) is 16.2 Å². The standard InChI is InChI=1S/C22H28N4O3S.C17H17ClN4S.C16H32N2O5.C2H6.CH4O/c1-15-21(30-13-25-15)16-4-5-17(20(11-16)29-18-6-8-23-9-7-18)12-24-22(28)19-3-2-10-26(19)14-27;1-9-10(2)23-17-15(9)16(12-4-6-13(18)7-5-12)21-8-14(20)22(17)11(3)19;1-13(16(3,4)5)18-15(20)12-23-11-10-22-9-8-21-7-6-17-14(2)19;2*1-2/h4-5,11,13-14,18-19,23H,2-3,6-10,12H2,1H3,(H,24,28);4-7,19-20H,8H2,1-3H3;13H,6-12H2,1-5H3,(H,17,19)(H,18,20);1-2H3;2H,1H3/t19-;;;;/m0..../s1. The number of aliphatic hydroxyl groups is 1. The van der Waals surface area contributed by atoms with Gasteiger partial charge in [0, 0.05) is 66.3 Å². The maximum Gasteiger partial charge on any atom is 0.246 e. The zero-order valence-corrected chi connectivity index (χ0v) is 51.3. The van der Waals surface area contributed by atoms with E-state index >= 15 is 0 Å². The fourth-order valence-electron chi connectivity index (χ4n) is 8.19. The van der Waals surface area contributed by atoms with Gasteiger partial charge < -0.3 is 50.2 Å². The Bertz CT molecular complexity index is 2620. The number of fused-ring (bicyclic) bond motifs is 1. The molecule has 0 bridgehead atoms. The largest absolute Gasteiger partial charge is 0.490 e. The number of anilines is 1. The summed E-state index contributed by atoms with van der Waals surface area (Å²) in [6, 6.07) is 13.5. The van der Waals surface area contributed by atoms with E-state index < -0.39 is 0 Å². The average molecular weight is 1170 g/mol. The number of amidine groups is 2. The van der Waals surface area contributed by atoms with E-state index in [9.17, 15) is 19.2 Å². The summed E-state index contributed by atoms with van der Waals surface area (Å²) in [7, 11) is 1.00. The number of halogens is 1. The quantitative estimate of drug-likeness (QED) is 0.0190. The molecule has 5 heterocycles. The molecule has 7 N–H and O–H groups in total. The second-order valence-electron chi connectivity index (χ2n) is 19.8. The second kappa shape index (κ2) is 35.9. The lowest BCUT2D eigenvalue weighted by Crippen LogP contribution is -2.43. The molecular formula is C58H87ClN10O9S2. The molecule has 0 spiro atoms. The van der Waals surface area contributed by atoms with Gasteiger partial charge >= 0.3 is 0 Å². The zero-order valence-electron chi connectivity index (χ0n) is 48.9. The number of hydrogen-bond acceptors (Lipinski definition) is 16. The third kappa shape index (κ3) is 22.0. The van der Waals surface area contributed by atoms with Crippen LogP contribution in [0.15, 0.2) is 53.0 Å². The number of aryl methyl sites for hydroxylation is 2. The number of nitrogens with one attached hydrogen (secondary N) is 6. The fraction of sp³-hybridized carbons (Fsp3) is 0.552. The van der Waals surface area contributed by atoms with Crippen LogP contribution in [0.5, 0.6) is 5.75 Å². The number of carbonyl (C=O) groups is 4. The number of benzene rings is 2. The van der Waals surface area contributed by atoms with Gasteiger partial charge in [0.05, 0.1) is 61.4 Å². The van der Waals surface area contributed by atoms with Crippen LogP contribution in [0.3, 0.4) is 0 Å². The molecule has 442 valence electrons. The predicted octanol–water partition coefficient (Wildman–Crippen LogP) is 8.49. The Kier molecular flexibility index (Phi) is 30.8. The monoisotopic (exact) mass is 1170 g/mol. The smallest absolute Gasteiger partial charge is 0.246 e. The molecule has 80 heavy (non-hydrogen) atoms. The van der Waals surface area contributed by atoms with Crippen LogP contribution >= 0.6 is 34.3 Å². The van der Waals surface area contributed by atoms with Crippen molar-refractivity contribution in [2.75, 3.05) is 84.4 Å². The van der Waals surface area contributed by atoms with Crippen LogP contribution in [-0.4, -0.2) is 154 Å². The number of aliphatic imine (C=N–C) groups is 1. The van der Waals surface area contributed by atoms with Crippen molar-refractivity contribution in [3.05, 3.63) is 85.8 Å². The number of ether oxygens (including phenoxy) is 4. The molecule has 2 atom stereocenters. The molecule has 2 aromatic heterocycles. The summed E-state index contributed by atoms with van der Waals surface area (Å²) in [4.78, 5) is 60.7. The Morgan fingerprint density at radius 3 is 2.17 bits per heavy atom. The number of hydrogen-bond donors (Lipinski definition) is 7. The van der Waals surface area contributed by atoms with Crippen molar-refractivity contribution in [1.29, 1.82) is 10.8 Å². The number of thiophene rings is 1. The van der Waals surface area contributed by atoms with Crippen molar-refractivity contribution in [3.63, 3.8) is 0 Å². The lowest BCUT2D eigenvalue weighted by Gasteiger charge is -2.28. The van der Waals surface area contributed by atoms with Gasteiger partial charge in [-0.1, -0.05) is 70.5 Å². The number of likely N-dealkylation sites (tertiary alicyclic amines) is 1. The van der Waals surface area contributed by atoms with E-state index in [1.54, 1.807) is 39.4 Å². The lowest BCUT2D eigenvalue weighted by atomic mass is 9.88. The third-order valence-corrected chi connectivity index (χ3v) is 15.5. The first kappa shape index (κ1) is 68.6. The zero-order chi connectivity index (χ0) is 59.4. The SMILES string of the molecule is CC.CC(=N)N1C(=N)CN=C(c2ccc(Cl)cc2)c2c1sc(C)c2C.CC(=O)NCCOCCOCCOCC(=O)NC(C)C(C)(C)C.CO.Cc1ncsc1-c1ccc(CNC(=O)[C@@H]2CCCN2C=O)c(OC2CCNCC2)c1. The highest BCUT2D eigenvalue weighted by atomic mass is 35.5. The van der Waals surface area contributed by atoms with Crippen LogP contribution in [0, 0.1) is 37.0 Å². The number of thiazole rings is 1. The lowest BCUT2D eigenvalue weighted by molar-refractivity contribution is -0.131. The van der Waals surface area contributed by atoms with Crippen LogP contribution in [0.4, 0.5) is 5.00 Å². The van der Waals surface area contributed by atoms with Crippen molar-refractivity contribution >= 4 is 80.8 Å². The molecule has 4 aromatic rings. The molecule has 1 unspecified atom stereocenters. The Labute approximate surface area is 487 Å². The predicted molar refractivity (Wildman–Crippen MR) is 323 cm³/mol. The summed E-state index contributed by atoms with van der Waals surface area (Å²) in [6.07, 6.45) is 4.45. The van der Waals surface area contributed by atoms with Gasteiger partial charge in [0.25, 0.3) is 0 Å². The molecule has 0 radical (unpaired) electrons. The number of aromatic nitrogens is 1. The molecule has 0 saturated carbocycles. The Morgan fingerprint density at radius 1 is 0.938 bits per heavy atom. The van der Waals surface area contributed by atoms with E-state index in [1.165, 1.54) is 11.8 Å². The summed E-state index contributed by atoms with van der Waals surface area (Å²) >= 11 is 9.22. The minimum atomic E-state index is -0.365. The maximum absolute atomic E-state index is 12.6. The van der Waals surface area contributed by atoms with Crippen LogP contribution in [0.25, 0.3) is 10.4 Å². The van der Waals surface area contributed by atoms with Gasteiger partial charge in [-0.05, 0) is 108 Å². The summed E-state index contributed by atoms with van der Waals surface area (Å²) in [6.45, 7) is 27.4. The van der Waals surface area contributed by atoms with Crippen LogP contribution in [-0.2, 0) is 39.9 Å². The fourth-order valence-corrected chi connectivity index (χ4v) is 10.4. The van der Waals surface area contributed by atoms with Gasteiger partial charge in [0.15, 0.2) is 0 Å². The normalized spacial score (nSPS) is 15.3. The number of rotatable bonds is 20. The molecule has 2 aromatic carbocycles. The number of carbonyl (C=O) groups excluding carboxylic acids is 4. The molecule has 19 nitrogen and oxygen atoms in total. The molecule has 0 aliphatic carbocycles.